The molecule has 0 spiro atoms. The summed E-state index contributed by atoms with van der Waals surface area (Å²) in [7, 11) is 4.77. The highest BCUT2D eigenvalue weighted by Crippen LogP contribution is 2.52. The molecular formula is C20H22O7. The summed E-state index contributed by atoms with van der Waals surface area (Å²) >= 11 is 0. The molecule has 0 radical (unpaired) electrons. The van der Waals surface area contributed by atoms with Gasteiger partial charge in [0, 0.05) is 48.6 Å². The molecule has 2 aromatic rings. The molecule has 27 heavy (non-hydrogen) atoms. The van der Waals surface area contributed by atoms with Crippen LogP contribution >= 0.6 is 0 Å². The topological polar surface area (TPSA) is 75.6 Å². The van der Waals surface area contributed by atoms with Crippen molar-refractivity contribution in [3.05, 3.63) is 35.4 Å². The van der Waals surface area contributed by atoms with E-state index in [4.69, 9.17) is 28.4 Å². The van der Waals surface area contributed by atoms with E-state index in [0.717, 1.165) is 11.1 Å². The summed E-state index contributed by atoms with van der Waals surface area (Å²) in [5.74, 6) is 2.03. The number of fused-ring (bicyclic) bond motifs is 2. The van der Waals surface area contributed by atoms with Crippen molar-refractivity contribution in [1.29, 1.82) is 0 Å². The number of benzene rings is 2. The van der Waals surface area contributed by atoms with Crippen LogP contribution in [0.5, 0.6) is 34.5 Å². The van der Waals surface area contributed by atoms with Crippen LogP contribution in [0, 0.1) is 0 Å². The fourth-order valence-electron chi connectivity index (χ4n) is 3.70. The second kappa shape index (κ2) is 6.42. The van der Waals surface area contributed by atoms with Gasteiger partial charge in [-0.1, -0.05) is 0 Å². The lowest BCUT2D eigenvalue weighted by Crippen LogP contribution is -2.38. The summed E-state index contributed by atoms with van der Waals surface area (Å²) in [5.41, 5.74) is 1.68. The van der Waals surface area contributed by atoms with Crippen LogP contribution in [0.15, 0.2) is 24.3 Å². The molecule has 144 valence electrons. The Bertz CT molecular complexity index is 850. The van der Waals surface area contributed by atoms with Crippen LogP contribution in [0.2, 0.25) is 0 Å². The molecule has 0 saturated heterocycles. The van der Waals surface area contributed by atoms with Gasteiger partial charge in [0.2, 0.25) is 12.6 Å². The van der Waals surface area contributed by atoms with Gasteiger partial charge < -0.3 is 33.5 Å². The first kappa shape index (κ1) is 17.6. The molecule has 0 unspecified atom stereocenters. The smallest absolute Gasteiger partial charge is 0.231 e. The molecule has 4 rings (SSSR count). The monoisotopic (exact) mass is 374 g/mol. The second-order valence-electron chi connectivity index (χ2n) is 6.72. The molecule has 1 N–H and O–H groups in total. The van der Waals surface area contributed by atoms with Gasteiger partial charge in [-0.25, -0.2) is 0 Å². The molecule has 7 nitrogen and oxygen atoms in total. The van der Waals surface area contributed by atoms with Crippen molar-refractivity contribution in [2.24, 2.45) is 0 Å². The van der Waals surface area contributed by atoms with Gasteiger partial charge in [0.15, 0.2) is 11.5 Å². The predicted molar refractivity (Wildman–Crippen MR) is 96.4 cm³/mol. The number of ether oxygens (including phenoxy) is 6. The molecule has 0 bridgehead atoms. The van der Waals surface area contributed by atoms with Gasteiger partial charge in [-0.3, -0.25) is 0 Å². The Balaban J connectivity index is 1.92. The molecule has 2 aliphatic rings. The zero-order chi connectivity index (χ0) is 19.2. The summed E-state index contributed by atoms with van der Waals surface area (Å²) in [5, 5.41) is 10.7. The summed E-state index contributed by atoms with van der Waals surface area (Å²) in [6.07, 6.45) is 0.318. The molecule has 0 fully saturated rings. The molecule has 2 aliphatic heterocycles. The third kappa shape index (κ3) is 2.98. The largest absolute Gasteiger partial charge is 0.496 e. The number of aliphatic hydroxyl groups is 1. The van der Waals surface area contributed by atoms with Crippen LogP contribution in [-0.2, 0) is 0 Å². The SMILES string of the molecule is COc1cc(OC)c([C@@H]2C[C@@](C)(O)Oc3cc4c(cc32)OCO4)c(OC)c1. The molecule has 2 atom stereocenters. The van der Waals surface area contributed by atoms with E-state index in [9.17, 15) is 5.11 Å². The lowest BCUT2D eigenvalue weighted by molar-refractivity contribution is -0.137. The number of methoxy groups -OCH3 is 3. The van der Waals surface area contributed by atoms with Gasteiger partial charge in [-0.15, -0.1) is 0 Å². The maximum absolute atomic E-state index is 10.7. The number of hydrogen-bond donors (Lipinski definition) is 1. The van der Waals surface area contributed by atoms with Crippen LogP contribution < -0.4 is 28.4 Å². The van der Waals surface area contributed by atoms with Gasteiger partial charge in [-0.2, -0.15) is 0 Å². The Kier molecular flexibility index (Phi) is 4.19. The van der Waals surface area contributed by atoms with Gasteiger partial charge in [0.25, 0.3) is 0 Å². The van der Waals surface area contributed by atoms with E-state index in [1.54, 1.807) is 46.5 Å². The second-order valence-corrected chi connectivity index (χ2v) is 6.72. The van der Waals surface area contributed by atoms with Gasteiger partial charge >= 0.3 is 0 Å². The summed E-state index contributed by atoms with van der Waals surface area (Å²) in [6.45, 7) is 1.80. The minimum Gasteiger partial charge on any atom is -0.496 e. The van der Waals surface area contributed by atoms with Crippen LogP contribution in [-0.4, -0.2) is 39.0 Å². The summed E-state index contributed by atoms with van der Waals surface area (Å²) < 4.78 is 33.4. The highest BCUT2D eigenvalue weighted by atomic mass is 16.7. The molecule has 2 heterocycles. The van der Waals surface area contributed by atoms with E-state index in [1.165, 1.54) is 0 Å². The molecular weight excluding hydrogens is 352 g/mol. The maximum atomic E-state index is 10.7. The molecule has 7 heteroatoms. The number of rotatable bonds is 4. The minimum absolute atomic E-state index is 0.161. The normalized spacial score (nSPS) is 22.6. The van der Waals surface area contributed by atoms with E-state index >= 15 is 0 Å². The lowest BCUT2D eigenvalue weighted by Gasteiger charge is -2.37. The van der Waals surface area contributed by atoms with E-state index < -0.39 is 5.79 Å². The van der Waals surface area contributed by atoms with Crippen molar-refractivity contribution in [2.45, 2.75) is 25.0 Å². The quantitative estimate of drug-likeness (QED) is 0.881. The van der Waals surface area contributed by atoms with Crippen molar-refractivity contribution in [3.63, 3.8) is 0 Å². The first-order valence-electron chi connectivity index (χ1n) is 8.60. The third-order valence-electron chi connectivity index (χ3n) is 4.89. The van der Waals surface area contributed by atoms with Crippen LogP contribution in [0.1, 0.15) is 30.4 Å². The third-order valence-corrected chi connectivity index (χ3v) is 4.89. The Morgan fingerprint density at radius 1 is 0.926 bits per heavy atom. The highest BCUT2D eigenvalue weighted by Gasteiger charge is 2.40. The van der Waals surface area contributed by atoms with Crippen LogP contribution in [0.25, 0.3) is 0 Å². The Morgan fingerprint density at radius 3 is 2.15 bits per heavy atom. The van der Waals surface area contributed by atoms with E-state index in [1.807, 2.05) is 6.07 Å². The fraction of sp³-hybridized carbons (Fsp3) is 0.400. The number of hydrogen-bond acceptors (Lipinski definition) is 7. The molecule has 0 aromatic heterocycles. The zero-order valence-electron chi connectivity index (χ0n) is 15.7. The van der Waals surface area contributed by atoms with E-state index in [0.29, 0.717) is 40.9 Å². The van der Waals surface area contributed by atoms with Crippen molar-refractivity contribution in [3.8, 4) is 34.5 Å². The first-order valence-corrected chi connectivity index (χ1v) is 8.60. The minimum atomic E-state index is -1.36. The van der Waals surface area contributed by atoms with Gasteiger partial charge in [0.1, 0.15) is 23.0 Å². The van der Waals surface area contributed by atoms with Gasteiger partial charge in [-0.05, 0) is 6.07 Å². The van der Waals surface area contributed by atoms with E-state index in [-0.39, 0.29) is 12.7 Å². The van der Waals surface area contributed by atoms with Crippen molar-refractivity contribution >= 4 is 0 Å². The lowest BCUT2D eigenvalue weighted by atomic mass is 9.82. The van der Waals surface area contributed by atoms with Crippen molar-refractivity contribution < 1.29 is 33.5 Å². The Hall–Kier alpha value is -2.80. The summed E-state index contributed by atoms with van der Waals surface area (Å²) in [6, 6.07) is 7.24. The highest BCUT2D eigenvalue weighted by molar-refractivity contribution is 5.61. The van der Waals surface area contributed by atoms with Crippen LogP contribution in [0.3, 0.4) is 0 Å². The van der Waals surface area contributed by atoms with E-state index in [2.05, 4.69) is 0 Å². The summed E-state index contributed by atoms with van der Waals surface area (Å²) in [4.78, 5) is 0. The zero-order valence-corrected chi connectivity index (χ0v) is 15.7. The van der Waals surface area contributed by atoms with Crippen molar-refractivity contribution in [1.82, 2.24) is 0 Å². The molecule has 0 saturated carbocycles. The maximum Gasteiger partial charge on any atom is 0.231 e. The molecule has 0 aliphatic carbocycles. The molecule has 0 amide bonds. The molecule has 2 aromatic carbocycles. The first-order chi connectivity index (χ1) is 13.0. The Labute approximate surface area is 157 Å². The standard InChI is InChI=1S/C20H22O7/c1-20(21)9-13(12-7-15-16(26-10-25-15)8-14(12)27-20)19-17(23-3)5-11(22-2)6-18(19)24-4/h5-8,13,21H,9-10H2,1-4H3/t13-,20+/m1/s1. The van der Waals surface area contributed by atoms with Gasteiger partial charge in [0.05, 0.1) is 21.3 Å². The Morgan fingerprint density at radius 2 is 1.56 bits per heavy atom. The predicted octanol–water partition coefficient (Wildman–Crippen LogP) is 3.06. The van der Waals surface area contributed by atoms with Crippen LogP contribution in [0.4, 0.5) is 0 Å². The fourth-order valence-corrected chi connectivity index (χ4v) is 3.70. The van der Waals surface area contributed by atoms with Crippen molar-refractivity contribution in [2.75, 3.05) is 28.1 Å². The average Bonchev–Trinajstić information content (AvgIpc) is 3.11. The average molecular weight is 374 g/mol.